The first-order valence-corrected chi connectivity index (χ1v) is 12.0. The van der Waals surface area contributed by atoms with E-state index < -0.39 is 0 Å². The Morgan fingerprint density at radius 1 is 1.12 bits per heavy atom. The van der Waals surface area contributed by atoms with Crippen LogP contribution < -0.4 is 9.47 Å². The van der Waals surface area contributed by atoms with E-state index in [1.165, 1.54) is 17.3 Å². The molecule has 0 bridgehead atoms. The topological polar surface area (TPSA) is 51.1 Å². The van der Waals surface area contributed by atoms with Gasteiger partial charge in [0.15, 0.2) is 16.7 Å². The fourth-order valence-electron chi connectivity index (χ4n) is 3.24. The van der Waals surface area contributed by atoms with Crippen molar-refractivity contribution in [3.63, 3.8) is 0 Å². The van der Waals surface area contributed by atoms with Crippen LogP contribution in [0.3, 0.4) is 0 Å². The second kappa shape index (κ2) is 11.2. The van der Waals surface area contributed by atoms with Gasteiger partial charge in [0.25, 0.3) is 5.91 Å². The van der Waals surface area contributed by atoms with Gasteiger partial charge < -0.3 is 9.47 Å². The van der Waals surface area contributed by atoms with E-state index in [4.69, 9.17) is 14.5 Å². The Balaban J connectivity index is 1.90. The Morgan fingerprint density at radius 3 is 2.53 bits per heavy atom. The lowest BCUT2D eigenvalue weighted by molar-refractivity contribution is -0.123. The first-order valence-electron chi connectivity index (χ1n) is 11.2. The molecule has 1 fully saturated rings. The van der Waals surface area contributed by atoms with Crippen LogP contribution in [0.15, 0.2) is 52.4 Å². The van der Waals surface area contributed by atoms with Gasteiger partial charge in [-0.2, -0.15) is 0 Å². The highest BCUT2D eigenvalue weighted by Crippen LogP contribution is 2.37. The summed E-state index contributed by atoms with van der Waals surface area (Å²) < 4.78 is 11.3. The molecular formula is C26H32N2O3S. The molecule has 1 amide bonds. The fourth-order valence-corrected chi connectivity index (χ4v) is 4.33. The van der Waals surface area contributed by atoms with E-state index in [0.29, 0.717) is 22.4 Å². The van der Waals surface area contributed by atoms with Crippen molar-refractivity contribution in [2.75, 3.05) is 13.7 Å². The molecule has 0 radical (unpaired) electrons. The smallest absolute Gasteiger partial charge is 0.266 e. The number of methoxy groups -OCH3 is 1. The molecule has 2 aromatic carbocycles. The summed E-state index contributed by atoms with van der Waals surface area (Å²) in [5.41, 5.74) is 2.91. The molecule has 2 aromatic rings. The maximum Gasteiger partial charge on any atom is 0.266 e. The van der Waals surface area contributed by atoms with E-state index in [-0.39, 0.29) is 11.9 Å². The molecule has 1 saturated heterocycles. The molecule has 5 nitrogen and oxygen atoms in total. The number of rotatable bonds is 9. The Bertz CT molecular complexity index is 999. The number of hydrogen-bond acceptors (Lipinski definition) is 5. The SMILES string of the molecule is CCCCOc1ccc(/C=C2/SC(=Nc3ccc(C)cc3)N([C@@H](C)CC)C2=O)cc1OC. The molecule has 1 aliphatic rings. The number of amidine groups is 1. The summed E-state index contributed by atoms with van der Waals surface area (Å²) in [6, 6.07) is 13.8. The molecule has 1 aliphatic heterocycles. The van der Waals surface area contributed by atoms with Crippen molar-refractivity contribution in [3.8, 4) is 11.5 Å². The van der Waals surface area contributed by atoms with Gasteiger partial charge in [-0.05, 0) is 74.4 Å². The standard InChI is InChI=1S/C26H32N2O3S/c1-6-8-15-31-22-14-11-20(16-23(22)30-5)17-24-25(29)28(19(4)7-2)26(32-24)27-21-12-9-18(3)10-13-21/h9-14,16-17,19H,6-8,15H2,1-5H3/b24-17+,27-26?/t19-/m0/s1. The molecule has 6 heteroatoms. The van der Waals surface area contributed by atoms with E-state index in [2.05, 4.69) is 20.8 Å². The summed E-state index contributed by atoms with van der Waals surface area (Å²) in [4.78, 5) is 20.5. The van der Waals surface area contributed by atoms with Crippen molar-refractivity contribution in [1.29, 1.82) is 0 Å². The molecule has 0 N–H and O–H groups in total. The average molecular weight is 453 g/mol. The molecule has 3 rings (SSSR count). The van der Waals surface area contributed by atoms with E-state index in [0.717, 1.165) is 36.3 Å². The molecule has 0 aliphatic carbocycles. The van der Waals surface area contributed by atoms with Crippen molar-refractivity contribution >= 4 is 34.6 Å². The highest BCUT2D eigenvalue weighted by molar-refractivity contribution is 8.18. The fraction of sp³-hybridized carbons (Fsp3) is 0.385. The van der Waals surface area contributed by atoms with Gasteiger partial charge >= 0.3 is 0 Å². The van der Waals surface area contributed by atoms with E-state index in [1.54, 1.807) is 12.0 Å². The number of hydrogen-bond donors (Lipinski definition) is 0. The Morgan fingerprint density at radius 2 is 1.88 bits per heavy atom. The van der Waals surface area contributed by atoms with Crippen molar-refractivity contribution in [3.05, 3.63) is 58.5 Å². The first-order chi connectivity index (χ1) is 15.5. The first kappa shape index (κ1) is 23.9. The van der Waals surface area contributed by atoms with Crippen LogP contribution in [0, 0.1) is 6.92 Å². The Kier molecular flexibility index (Phi) is 8.39. The van der Waals surface area contributed by atoms with Crippen LogP contribution >= 0.6 is 11.8 Å². The van der Waals surface area contributed by atoms with Crippen molar-refractivity contribution in [2.45, 2.75) is 53.0 Å². The molecule has 1 heterocycles. The van der Waals surface area contributed by atoms with Gasteiger partial charge in [-0.15, -0.1) is 0 Å². The van der Waals surface area contributed by atoms with Crippen molar-refractivity contribution in [2.24, 2.45) is 4.99 Å². The normalized spacial score (nSPS) is 17.3. The summed E-state index contributed by atoms with van der Waals surface area (Å²) in [6.45, 7) is 8.97. The quantitative estimate of drug-likeness (QED) is 0.318. The van der Waals surface area contributed by atoms with Gasteiger partial charge in [-0.25, -0.2) is 4.99 Å². The Labute approximate surface area is 195 Å². The van der Waals surface area contributed by atoms with Gasteiger partial charge in [0, 0.05) is 6.04 Å². The van der Waals surface area contributed by atoms with Crippen LogP contribution in [0.4, 0.5) is 5.69 Å². The lowest BCUT2D eigenvalue weighted by atomic mass is 10.1. The van der Waals surface area contributed by atoms with Crippen LogP contribution in [0.25, 0.3) is 6.08 Å². The van der Waals surface area contributed by atoms with Crippen LogP contribution in [-0.4, -0.2) is 35.7 Å². The number of nitrogens with zero attached hydrogens (tertiary/aromatic N) is 2. The van der Waals surface area contributed by atoms with Crippen LogP contribution in [-0.2, 0) is 4.79 Å². The zero-order valence-electron chi connectivity index (χ0n) is 19.6. The number of ether oxygens (including phenoxy) is 2. The number of unbranched alkanes of at least 4 members (excludes halogenated alkanes) is 1. The number of amides is 1. The van der Waals surface area contributed by atoms with Gasteiger partial charge in [0.1, 0.15) is 0 Å². The maximum atomic E-state index is 13.3. The molecule has 170 valence electrons. The number of carbonyl (C=O) groups excluding carboxylic acids is 1. The minimum atomic E-state index is -0.0162. The number of carbonyl (C=O) groups is 1. The molecule has 1 atom stereocenters. The predicted molar refractivity (Wildman–Crippen MR) is 134 cm³/mol. The lowest BCUT2D eigenvalue weighted by Crippen LogP contribution is -2.36. The second-order valence-corrected chi connectivity index (χ2v) is 8.89. The number of aliphatic imine (C=N–C) groups is 1. The third kappa shape index (κ3) is 5.74. The van der Waals surface area contributed by atoms with Crippen LogP contribution in [0.5, 0.6) is 11.5 Å². The maximum absolute atomic E-state index is 13.3. The second-order valence-electron chi connectivity index (χ2n) is 7.89. The van der Waals surface area contributed by atoms with Gasteiger partial charge in [-0.1, -0.05) is 44.0 Å². The zero-order valence-corrected chi connectivity index (χ0v) is 20.4. The van der Waals surface area contributed by atoms with Gasteiger partial charge in [-0.3, -0.25) is 9.69 Å². The summed E-state index contributed by atoms with van der Waals surface area (Å²) in [7, 11) is 1.63. The third-order valence-corrected chi connectivity index (χ3v) is 6.35. The van der Waals surface area contributed by atoms with E-state index in [9.17, 15) is 4.79 Å². The minimum Gasteiger partial charge on any atom is -0.493 e. The summed E-state index contributed by atoms with van der Waals surface area (Å²) in [5, 5.41) is 0.714. The zero-order chi connectivity index (χ0) is 23.1. The minimum absolute atomic E-state index is 0.0162. The predicted octanol–water partition coefficient (Wildman–Crippen LogP) is 6.59. The number of aryl methyl sites for hydroxylation is 1. The monoisotopic (exact) mass is 452 g/mol. The van der Waals surface area contributed by atoms with Crippen molar-refractivity contribution < 1.29 is 14.3 Å². The van der Waals surface area contributed by atoms with Crippen LogP contribution in [0.2, 0.25) is 0 Å². The molecule has 0 saturated carbocycles. The highest BCUT2D eigenvalue weighted by atomic mass is 32.2. The number of benzene rings is 2. The summed E-state index contributed by atoms with van der Waals surface area (Å²) in [5.74, 6) is 1.37. The van der Waals surface area contributed by atoms with E-state index >= 15 is 0 Å². The molecule has 0 unspecified atom stereocenters. The Hall–Kier alpha value is -2.73. The van der Waals surface area contributed by atoms with Crippen LogP contribution in [0.1, 0.15) is 51.2 Å². The molecule has 0 spiro atoms. The van der Waals surface area contributed by atoms with Gasteiger partial charge in [0.2, 0.25) is 0 Å². The molecule has 0 aromatic heterocycles. The largest absolute Gasteiger partial charge is 0.493 e. The molecule has 32 heavy (non-hydrogen) atoms. The number of thioether (sulfide) groups is 1. The van der Waals surface area contributed by atoms with Crippen molar-refractivity contribution in [1.82, 2.24) is 4.90 Å². The third-order valence-electron chi connectivity index (χ3n) is 5.37. The summed E-state index contributed by atoms with van der Waals surface area (Å²) >= 11 is 1.41. The molecular weight excluding hydrogens is 420 g/mol. The average Bonchev–Trinajstić information content (AvgIpc) is 3.10. The van der Waals surface area contributed by atoms with E-state index in [1.807, 2.05) is 55.5 Å². The highest BCUT2D eigenvalue weighted by Gasteiger charge is 2.36. The lowest BCUT2D eigenvalue weighted by Gasteiger charge is -2.22. The van der Waals surface area contributed by atoms with Gasteiger partial charge in [0.05, 0.1) is 24.3 Å². The summed E-state index contributed by atoms with van der Waals surface area (Å²) in [6.07, 6.45) is 4.82.